The highest BCUT2D eigenvalue weighted by atomic mass is 35.5. The van der Waals surface area contributed by atoms with Crippen LogP contribution in [0.15, 0.2) is 18.2 Å². The second-order valence-corrected chi connectivity index (χ2v) is 5.64. The van der Waals surface area contributed by atoms with Crippen molar-refractivity contribution in [3.8, 4) is 11.5 Å². The molecular formula is C16H23ClN2O3. The van der Waals surface area contributed by atoms with Crippen LogP contribution in [-0.2, 0) is 11.2 Å². The molecule has 122 valence electrons. The van der Waals surface area contributed by atoms with E-state index in [0.29, 0.717) is 32.1 Å². The van der Waals surface area contributed by atoms with Gasteiger partial charge in [-0.25, -0.2) is 0 Å². The summed E-state index contributed by atoms with van der Waals surface area (Å²) in [5.41, 5.74) is 1.15. The lowest BCUT2D eigenvalue weighted by Gasteiger charge is -2.19. The van der Waals surface area contributed by atoms with Gasteiger partial charge in [0, 0.05) is 13.0 Å². The van der Waals surface area contributed by atoms with Gasteiger partial charge >= 0.3 is 0 Å². The molecule has 6 heteroatoms. The number of ether oxygens (including phenoxy) is 2. The summed E-state index contributed by atoms with van der Waals surface area (Å²) in [6.45, 7) is 3.88. The maximum absolute atomic E-state index is 11.8. The van der Waals surface area contributed by atoms with Crippen LogP contribution in [0.4, 0.5) is 0 Å². The van der Waals surface area contributed by atoms with E-state index in [2.05, 4.69) is 10.6 Å². The smallest absolute Gasteiger partial charge is 0.220 e. The fourth-order valence-electron chi connectivity index (χ4n) is 2.81. The second kappa shape index (κ2) is 8.25. The van der Waals surface area contributed by atoms with Crippen molar-refractivity contribution >= 4 is 18.3 Å². The first-order chi connectivity index (χ1) is 10.3. The number of nitrogens with one attached hydrogen (secondary N) is 2. The molecule has 2 aliphatic rings. The van der Waals surface area contributed by atoms with Gasteiger partial charge in [-0.3, -0.25) is 4.79 Å². The lowest BCUT2D eigenvalue weighted by atomic mass is 10.0. The molecule has 0 spiro atoms. The minimum absolute atomic E-state index is 0. The lowest BCUT2D eigenvalue weighted by Crippen LogP contribution is -2.28. The van der Waals surface area contributed by atoms with Gasteiger partial charge < -0.3 is 20.1 Å². The van der Waals surface area contributed by atoms with Gasteiger partial charge in [0.05, 0.1) is 0 Å². The quantitative estimate of drug-likeness (QED) is 0.861. The van der Waals surface area contributed by atoms with Gasteiger partial charge in [0.2, 0.25) is 5.91 Å². The molecule has 1 unspecified atom stereocenters. The molecule has 0 aliphatic carbocycles. The number of rotatable bonds is 5. The molecule has 5 nitrogen and oxygen atoms in total. The lowest BCUT2D eigenvalue weighted by molar-refractivity contribution is -0.121. The third-order valence-corrected chi connectivity index (χ3v) is 3.98. The van der Waals surface area contributed by atoms with E-state index in [1.165, 1.54) is 0 Å². The largest absolute Gasteiger partial charge is 0.486 e. The van der Waals surface area contributed by atoms with Crippen LogP contribution in [0.2, 0.25) is 0 Å². The monoisotopic (exact) mass is 326 g/mol. The van der Waals surface area contributed by atoms with Crippen LogP contribution in [-0.4, -0.2) is 38.8 Å². The molecule has 0 bridgehead atoms. The van der Waals surface area contributed by atoms with Crippen molar-refractivity contribution < 1.29 is 14.3 Å². The predicted molar refractivity (Wildman–Crippen MR) is 87.0 cm³/mol. The third kappa shape index (κ3) is 4.52. The second-order valence-electron chi connectivity index (χ2n) is 5.64. The summed E-state index contributed by atoms with van der Waals surface area (Å²) in [6, 6.07) is 5.97. The molecule has 0 aromatic heterocycles. The molecule has 0 radical (unpaired) electrons. The summed E-state index contributed by atoms with van der Waals surface area (Å²) < 4.78 is 11.1. The van der Waals surface area contributed by atoms with Crippen LogP contribution in [0.3, 0.4) is 0 Å². The van der Waals surface area contributed by atoms with E-state index in [9.17, 15) is 4.79 Å². The zero-order valence-electron chi connectivity index (χ0n) is 12.6. The summed E-state index contributed by atoms with van der Waals surface area (Å²) in [6.07, 6.45) is 2.55. The first kappa shape index (κ1) is 16.9. The van der Waals surface area contributed by atoms with Crippen LogP contribution in [0, 0.1) is 5.92 Å². The number of amides is 1. The van der Waals surface area contributed by atoms with E-state index >= 15 is 0 Å². The Morgan fingerprint density at radius 2 is 2.09 bits per heavy atom. The number of carbonyl (C=O) groups is 1. The van der Waals surface area contributed by atoms with Crippen molar-refractivity contribution in [3.63, 3.8) is 0 Å². The van der Waals surface area contributed by atoms with Crippen LogP contribution < -0.4 is 20.1 Å². The van der Waals surface area contributed by atoms with Crippen LogP contribution in [0.25, 0.3) is 0 Å². The van der Waals surface area contributed by atoms with Crippen molar-refractivity contribution in [2.24, 2.45) is 5.92 Å². The maximum Gasteiger partial charge on any atom is 0.220 e. The van der Waals surface area contributed by atoms with Gasteiger partial charge in [-0.15, -0.1) is 12.4 Å². The fourth-order valence-corrected chi connectivity index (χ4v) is 2.81. The molecule has 22 heavy (non-hydrogen) atoms. The summed E-state index contributed by atoms with van der Waals surface area (Å²) in [7, 11) is 0. The Balaban J connectivity index is 0.00000176. The highest BCUT2D eigenvalue weighted by Gasteiger charge is 2.17. The van der Waals surface area contributed by atoms with Crippen molar-refractivity contribution in [2.45, 2.75) is 19.3 Å². The molecule has 2 aliphatic heterocycles. The van der Waals surface area contributed by atoms with Gasteiger partial charge in [-0.1, -0.05) is 6.07 Å². The Bertz CT molecular complexity index is 504. The Kier molecular flexibility index (Phi) is 6.34. The van der Waals surface area contributed by atoms with Gasteiger partial charge in [0.25, 0.3) is 0 Å². The number of carbonyl (C=O) groups excluding carboxylic acids is 1. The van der Waals surface area contributed by atoms with E-state index in [1.54, 1.807) is 0 Å². The molecule has 1 atom stereocenters. The van der Waals surface area contributed by atoms with Crippen molar-refractivity contribution in [1.82, 2.24) is 10.6 Å². The Morgan fingerprint density at radius 3 is 2.86 bits per heavy atom. The van der Waals surface area contributed by atoms with Gasteiger partial charge in [-0.2, -0.15) is 0 Å². The van der Waals surface area contributed by atoms with Gasteiger partial charge in [-0.05, 0) is 49.5 Å². The standard InChI is InChI=1S/C16H22N2O3.ClH/c19-16(10-13-3-5-17-11-13)18-6-4-12-1-2-14-15(9-12)21-8-7-20-14;/h1-2,9,13,17H,3-8,10-11H2,(H,18,19);1H. The molecule has 3 rings (SSSR count). The average Bonchev–Trinajstić information content (AvgIpc) is 3.00. The van der Waals surface area contributed by atoms with Crippen LogP contribution in [0.5, 0.6) is 11.5 Å². The maximum atomic E-state index is 11.8. The summed E-state index contributed by atoms with van der Waals surface area (Å²) in [5, 5.41) is 6.28. The Hall–Kier alpha value is -1.46. The SMILES string of the molecule is Cl.O=C(CC1CCNC1)NCCc1ccc2c(c1)OCCO2. The number of halogens is 1. The topological polar surface area (TPSA) is 59.6 Å². The highest BCUT2D eigenvalue weighted by Crippen LogP contribution is 2.30. The van der Waals surface area contributed by atoms with Crippen LogP contribution >= 0.6 is 12.4 Å². The zero-order chi connectivity index (χ0) is 14.5. The zero-order valence-corrected chi connectivity index (χ0v) is 13.4. The highest BCUT2D eigenvalue weighted by molar-refractivity contribution is 5.85. The van der Waals surface area contributed by atoms with Gasteiger partial charge in [0.1, 0.15) is 13.2 Å². The molecule has 0 saturated carbocycles. The minimum atomic E-state index is 0. The van der Waals surface area contributed by atoms with Gasteiger partial charge in [0.15, 0.2) is 11.5 Å². The summed E-state index contributed by atoms with van der Waals surface area (Å²) >= 11 is 0. The van der Waals surface area contributed by atoms with Crippen LogP contribution in [0.1, 0.15) is 18.4 Å². The van der Waals surface area contributed by atoms with E-state index in [-0.39, 0.29) is 18.3 Å². The number of hydrogen-bond donors (Lipinski definition) is 2. The summed E-state index contributed by atoms with van der Waals surface area (Å²) in [5.74, 6) is 2.27. The van der Waals surface area contributed by atoms with E-state index in [1.807, 2.05) is 18.2 Å². The molecule has 1 fully saturated rings. The molecule has 1 aromatic carbocycles. The molecule has 2 N–H and O–H groups in total. The first-order valence-corrected chi connectivity index (χ1v) is 7.67. The predicted octanol–water partition coefficient (Wildman–Crippen LogP) is 1.54. The average molecular weight is 327 g/mol. The first-order valence-electron chi connectivity index (χ1n) is 7.67. The van der Waals surface area contributed by atoms with Crippen molar-refractivity contribution in [1.29, 1.82) is 0 Å². The third-order valence-electron chi connectivity index (χ3n) is 3.98. The fraction of sp³-hybridized carbons (Fsp3) is 0.562. The number of fused-ring (bicyclic) bond motifs is 1. The molecule has 2 heterocycles. The molecule has 1 saturated heterocycles. The van der Waals surface area contributed by atoms with E-state index in [0.717, 1.165) is 43.0 Å². The Morgan fingerprint density at radius 1 is 1.27 bits per heavy atom. The van der Waals surface area contributed by atoms with Crippen molar-refractivity contribution in [3.05, 3.63) is 23.8 Å². The number of hydrogen-bond acceptors (Lipinski definition) is 4. The minimum Gasteiger partial charge on any atom is -0.486 e. The molecular weight excluding hydrogens is 304 g/mol. The molecule has 1 aromatic rings. The Labute approximate surface area is 137 Å². The van der Waals surface area contributed by atoms with E-state index in [4.69, 9.17) is 9.47 Å². The normalized spacial score (nSPS) is 19.4. The number of benzene rings is 1. The molecule has 1 amide bonds. The van der Waals surface area contributed by atoms with Crippen molar-refractivity contribution in [2.75, 3.05) is 32.8 Å². The van der Waals surface area contributed by atoms with E-state index < -0.39 is 0 Å². The summed E-state index contributed by atoms with van der Waals surface area (Å²) in [4.78, 5) is 11.8.